The molecule has 4 N–H and O–H groups in total. The molecule has 6 aromatic rings. The number of rotatable bonds is 14. The SMILES string of the molecule is Cc1ccc(CN(C)Cc2nc(Nc3ccccc3C)nc(NN(c3ccc(Cl)cc3)c3nc(N)nc(CN(C)Cc4cccc(F)c4)n3)n2)cc1. The maximum atomic E-state index is 13.8. The van der Waals surface area contributed by atoms with Crippen molar-refractivity contribution in [3.05, 3.63) is 142 Å². The van der Waals surface area contributed by atoms with Gasteiger partial charge in [0, 0.05) is 23.8 Å². The summed E-state index contributed by atoms with van der Waals surface area (Å²) in [6.45, 7) is 6.02. The van der Waals surface area contributed by atoms with Gasteiger partial charge in [0.1, 0.15) is 17.5 Å². The molecule has 0 amide bonds. The molecule has 0 saturated carbocycles. The van der Waals surface area contributed by atoms with Gasteiger partial charge in [-0.3, -0.25) is 15.2 Å². The summed E-state index contributed by atoms with van der Waals surface area (Å²) < 4.78 is 13.8. The number of hydrogen-bond acceptors (Lipinski definition) is 12. The highest BCUT2D eigenvalue weighted by atomic mass is 35.5. The predicted molar refractivity (Wildman–Crippen MR) is 204 cm³/mol. The molecule has 0 atom stereocenters. The van der Waals surface area contributed by atoms with Crippen molar-refractivity contribution in [1.82, 2.24) is 39.7 Å². The Bertz CT molecular complexity index is 2110. The van der Waals surface area contributed by atoms with Gasteiger partial charge in [0.2, 0.25) is 17.8 Å². The monoisotopic (exact) mass is 718 g/mol. The van der Waals surface area contributed by atoms with Crippen molar-refractivity contribution in [2.75, 3.05) is 35.6 Å². The third-order valence-electron chi connectivity index (χ3n) is 7.99. The van der Waals surface area contributed by atoms with Gasteiger partial charge in [-0.05, 0) is 87.1 Å². The Morgan fingerprint density at radius 1 is 0.673 bits per heavy atom. The zero-order valence-electron chi connectivity index (χ0n) is 29.4. The molecule has 2 heterocycles. The van der Waals surface area contributed by atoms with Crippen LogP contribution >= 0.6 is 11.6 Å². The molecule has 0 fully saturated rings. The number of nitrogens with zero attached hydrogens (tertiary/aromatic N) is 9. The van der Waals surface area contributed by atoms with Crippen LogP contribution in [0.1, 0.15) is 33.9 Å². The van der Waals surface area contributed by atoms with E-state index in [1.54, 1.807) is 23.2 Å². The second-order valence-corrected chi connectivity index (χ2v) is 13.1. The van der Waals surface area contributed by atoms with E-state index in [1.807, 2.05) is 68.4 Å². The van der Waals surface area contributed by atoms with Gasteiger partial charge in [0.05, 0.1) is 18.8 Å². The highest BCUT2D eigenvalue weighted by molar-refractivity contribution is 6.30. The van der Waals surface area contributed by atoms with Crippen molar-refractivity contribution >= 4 is 46.8 Å². The normalized spacial score (nSPS) is 11.2. The zero-order chi connectivity index (χ0) is 36.6. The smallest absolute Gasteiger partial charge is 0.254 e. The molecule has 6 rings (SSSR count). The first-order valence-electron chi connectivity index (χ1n) is 16.6. The Hall–Kier alpha value is -5.76. The van der Waals surface area contributed by atoms with Crippen molar-refractivity contribution < 1.29 is 4.39 Å². The molecule has 266 valence electrons. The van der Waals surface area contributed by atoms with Gasteiger partial charge in [-0.25, -0.2) is 9.40 Å². The van der Waals surface area contributed by atoms with E-state index in [1.165, 1.54) is 23.3 Å². The van der Waals surface area contributed by atoms with Crippen LogP contribution in [0.4, 0.5) is 39.6 Å². The van der Waals surface area contributed by atoms with Gasteiger partial charge in [-0.1, -0.05) is 71.8 Å². The summed E-state index contributed by atoms with van der Waals surface area (Å²) in [6, 6.07) is 30.0. The molecule has 12 nitrogen and oxygen atoms in total. The average molecular weight is 719 g/mol. The van der Waals surface area contributed by atoms with E-state index in [2.05, 4.69) is 56.8 Å². The van der Waals surface area contributed by atoms with Gasteiger partial charge in [0.25, 0.3) is 5.95 Å². The van der Waals surface area contributed by atoms with Gasteiger partial charge in [-0.2, -0.15) is 29.9 Å². The summed E-state index contributed by atoms with van der Waals surface area (Å²) in [4.78, 5) is 32.1. The van der Waals surface area contributed by atoms with Crippen LogP contribution in [0.25, 0.3) is 0 Å². The first kappa shape index (κ1) is 36.0. The summed E-state index contributed by atoms with van der Waals surface area (Å²) in [5.41, 5.74) is 15.3. The third kappa shape index (κ3) is 9.94. The largest absolute Gasteiger partial charge is 0.368 e. The van der Waals surface area contributed by atoms with E-state index in [0.29, 0.717) is 54.5 Å². The number of aromatic nitrogens is 6. The molecule has 14 heteroatoms. The molecule has 52 heavy (non-hydrogen) atoms. The Balaban J connectivity index is 1.32. The number of nitrogens with one attached hydrogen (secondary N) is 2. The summed E-state index contributed by atoms with van der Waals surface area (Å²) in [6.07, 6.45) is 0. The fourth-order valence-corrected chi connectivity index (χ4v) is 5.62. The average Bonchev–Trinajstić information content (AvgIpc) is 3.09. The van der Waals surface area contributed by atoms with Crippen LogP contribution in [0.5, 0.6) is 0 Å². The highest BCUT2D eigenvalue weighted by Gasteiger charge is 2.20. The number of halogens is 2. The molecule has 0 aliphatic heterocycles. The summed E-state index contributed by atoms with van der Waals surface area (Å²) in [5, 5.41) is 5.54. The summed E-state index contributed by atoms with van der Waals surface area (Å²) in [5.74, 6) is 1.48. The van der Waals surface area contributed by atoms with E-state index < -0.39 is 0 Å². The second kappa shape index (κ2) is 16.5. The molecule has 0 radical (unpaired) electrons. The first-order valence-corrected chi connectivity index (χ1v) is 17.0. The lowest BCUT2D eigenvalue weighted by atomic mass is 10.1. The lowest BCUT2D eigenvalue weighted by Gasteiger charge is -2.25. The Morgan fingerprint density at radius 2 is 1.35 bits per heavy atom. The minimum Gasteiger partial charge on any atom is -0.368 e. The summed E-state index contributed by atoms with van der Waals surface area (Å²) in [7, 11) is 3.91. The highest BCUT2D eigenvalue weighted by Crippen LogP contribution is 2.26. The Kier molecular flexibility index (Phi) is 11.4. The topological polar surface area (TPSA) is 137 Å². The van der Waals surface area contributed by atoms with Gasteiger partial charge in [0.15, 0.2) is 0 Å². The maximum absolute atomic E-state index is 13.8. The second-order valence-electron chi connectivity index (χ2n) is 12.6. The number of nitrogens with two attached hydrogens (primary N) is 1. The van der Waals surface area contributed by atoms with Crippen LogP contribution in [0, 0.1) is 19.7 Å². The fraction of sp³-hybridized carbons (Fsp3) is 0.211. The number of aryl methyl sites for hydroxylation is 2. The third-order valence-corrected chi connectivity index (χ3v) is 8.25. The van der Waals surface area contributed by atoms with E-state index in [4.69, 9.17) is 37.3 Å². The molecule has 2 aromatic heterocycles. The molecule has 0 saturated heterocycles. The molecule has 0 unspecified atom stereocenters. The Morgan fingerprint density at radius 3 is 2.06 bits per heavy atom. The van der Waals surface area contributed by atoms with Crippen LogP contribution < -0.4 is 21.5 Å². The van der Waals surface area contributed by atoms with Crippen LogP contribution in [0.15, 0.2) is 97.1 Å². The number of hydrogen-bond donors (Lipinski definition) is 3. The number of anilines is 6. The van der Waals surface area contributed by atoms with Crippen LogP contribution in [0.3, 0.4) is 0 Å². The van der Waals surface area contributed by atoms with Crippen molar-refractivity contribution in [2.24, 2.45) is 0 Å². The van der Waals surface area contributed by atoms with Crippen LogP contribution in [-0.4, -0.2) is 53.8 Å². The number of benzene rings is 4. The first-order chi connectivity index (χ1) is 25.1. The summed E-state index contributed by atoms with van der Waals surface area (Å²) >= 11 is 6.28. The quantitative estimate of drug-likeness (QED) is 0.0981. The van der Waals surface area contributed by atoms with Crippen molar-refractivity contribution in [3.8, 4) is 0 Å². The van der Waals surface area contributed by atoms with Crippen molar-refractivity contribution in [1.29, 1.82) is 0 Å². The molecule has 0 bridgehead atoms. The van der Waals surface area contributed by atoms with Gasteiger partial charge < -0.3 is 11.1 Å². The van der Waals surface area contributed by atoms with E-state index in [9.17, 15) is 4.39 Å². The number of nitrogen functional groups attached to an aromatic ring is 1. The van der Waals surface area contributed by atoms with E-state index in [-0.39, 0.29) is 23.7 Å². The number of para-hydroxylation sites is 1. The molecule has 0 spiro atoms. The van der Waals surface area contributed by atoms with Gasteiger partial charge >= 0.3 is 0 Å². The lowest BCUT2D eigenvalue weighted by Crippen LogP contribution is -2.30. The number of hydrazine groups is 1. The van der Waals surface area contributed by atoms with Crippen LogP contribution in [0.2, 0.25) is 5.02 Å². The van der Waals surface area contributed by atoms with E-state index >= 15 is 0 Å². The van der Waals surface area contributed by atoms with Gasteiger partial charge in [-0.15, -0.1) is 0 Å². The zero-order valence-corrected chi connectivity index (χ0v) is 30.2. The molecule has 0 aliphatic carbocycles. The molecular weight excluding hydrogens is 679 g/mol. The lowest BCUT2D eigenvalue weighted by molar-refractivity contribution is 0.310. The Labute approximate surface area is 307 Å². The minimum atomic E-state index is -0.293. The predicted octanol–water partition coefficient (Wildman–Crippen LogP) is 7.22. The fourth-order valence-electron chi connectivity index (χ4n) is 5.49. The van der Waals surface area contributed by atoms with Crippen molar-refractivity contribution in [3.63, 3.8) is 0 Å². The van der Waals surface area contributed by atoms with Crippen molar-refractivity contribution in [2.45, 2.75) is 40.0 Å². The molecule has 4 aromatic carbocycles. The minimum absolute atomic E-state index is 0.0240. The molecular formula is C38H40ClFN12. The maximum Gasteiger partial charge on any atom is 0.254 e. The van der Waals surface area contributed by atoms with Crippen LogP contribution in [-0.2, 0) is 26.2 Å². The molecule has 0 aliphatic rings. The standard InChI is InChI=1S/C38H40ClFN12/c1-25-12-14-27(15-13-25)21-50(3)24-34-44-36(42-32-11-6-5-8-26(32)2)48-37(45-34)49-52(31-18-16-29(39)17-19-31)38-46-33(43-35(41)47-38)23-51(4)22-28-9-7-10-30(40)20-28/h5-20H,21-24H2,1-4H3,(H2,41,43,46,47)(H2,42,44,45,48,49). The van der Waals surface area contributed by atoms with E-state index in [0.717, 1.165) is 16.8 Å².